The first-order valence-electron chi connectivity index (χ1n) is 6.27. The van der Waals surface area contributed by atoms with E-state index in [1.54, 1.807) is 7.05 Å². The van der Waals surface area contributed by atoms with Gasteiger partial charge in [0.25, 0.3) is 11.6 Å². The molecule has 1 amide bonds. The fourth-order valence-electron chi connectivity index (χ4n) is 2.08. The Hall–Kier alpha value is -2.22. The molecule has 20 heavy (non-hydrogen) atoms. The van der Waals surface area contributed by atoms with Crippen LogP contribution in [0.5, 0.6) is 0 Å². The molecule has 0 saturated carbocycles. The van der Waals surface area contributed by atoms with E-state index in [1.165, 1.54) is 6.07 Å². The van der Waals surface area contributed by atoms with E-state index in [0.29, 0.717) is 18.8 Å². The van der Waals surface area contributed by atoms with Gasteiger partial charge in [0.1, 0.15) is 17.6 Å². The predicted molar refractivity (Wildman–Crippen MR) is 71.7 cm³/mol. The Kier molecular flexibility index (Phi) is 4.14. The number of carbonyl (C=O) groups excluding carboxylic acids is 1. The van der Waals surface area contributed by atoms with Gasteiger partial charge in [0.15, 0.2) is 0 Å². The maximum atomic E-state index is 12.2. The van der Waals surface area contributed by atoms with E-state index in [1.807, 2.05) is 6.92 Å². The van der Waals surface area contributed by atoms with Crippen molar-refractivity contribution in [3.63, 3.8) is 0 Å². The van der Waals surface area contributed by atoms with Crippen molar-refractivity contribution in [3.8, 4) is 0 Å². The third-order valence-electron chi connectivity index (χ3n) is 3.27. The number of nitro groups is 1. The largest absolute Gasteiger partial charge is 0.376 e. The topological polar surface area (TPSA) is 106 Å². The zero-order valence-electron chi connectivity index (χ0n) is 11.3. The summed E-state index contributed by atoms with van der Waals surface area (Å²) in [6.45, 7) is 2.43. The van der Waals surface area contributed by atoms with Crippen molar-refractivity contribution < 1.29 is 14.5 Å². The standard InChI is InChI=1S/C12H16N4O4/c1-7-9(3-4-20-7)15-12(17)8-5-11(13-2)14-6-10(8)16(18)19/h5-7,9H,3-4H2,1-2H3,(H,13,14)(H,15,17). The van der Waals surface area contributed by atoms with E-state index in [2.05, 4.69) is 15.6 Å². The second kappa shape index (κ2) is 5.83. The molecule has 2 N–H and O–H groups in total. The van der Waals surface area contributed by atoms with E-state index < -0.39 is 10.8 Å². The highest BCUT2D eigenvalue weighted by Crippen LogP contribution is 2.21. The second-order valence-electron chi connectivity index (χ2n) is 4.54. The van der Waals surface area contributed by atoms with Gasteiger partial charge in [-0.05, 0) is 13.3 Å². The predicted octanol–water partition coefficient (Wildman–Crippen LogP) is 0.939. The van der Waals surface area contributed by atoms with Crippen LogP contribution in [0, 0.1) is 10.1 Å². The van der Waals surface area contributed by atoms with E-state index in [9.17, 15) is 14.9 Å². The van der Waals surface area contributed by atoms with Gasteiger partial charge in [-0.15, -0.1) is 0 Å². The van der Waals surface area contributed by atoms with Gasteiger partial charge in [-0.3, -0.25) is 14.9 Å². The fourth-order valence-corrected chi connectivity index (χ4v) is 2.08. The molecule has 0 spiro atoms. The van der Waals surface area contributed by atoms with Crippen LogP contribution in [0.1, 0.15) is 23.7 Å². The number of nitrogens with one attached hydrogen (secondary N) is 2. The molecule has 8 nitrogen and oxygen atoms in total. The number of amides is 1. The van der Waals surface area contributed by atoms with Gasteiger partial charge >= 0.3 is 0 Å². The summed E-state index contributed by atoms with van der Waals surface area (Å²) in [5.74, 6) is -0.0885. The van der Waals surface area contributed by atoms with E-state index >= 15 is 0 Å². The number of rotatable bonds is 4. The minimum Gasteiger partial charge on any atom is -0.376 e. The lowest BCUT2D eigenvalue weighted by Crippen LogP contribution is -2.39. The van der Waals surface area contributed by atoms with Gasteiger partial charge in [0.2, 0.25) is 0 Å². The molecule has 1 saturated heterocycles. The molecule has 0 bridgehead atoms. The average Bonchev–Trinajstić information content (AvgIpc) is 2.83. The normalized spacial score (nSPS) is 21.5. The summed E-state index contributed by atoms with van der Waals surface area (Å²) in [6, 6.07) is 1.24. The van der Waals surface area contributed by atoms with Gasteiger partial charge in [-0.2, -0.15) is 0 Å². The van der Waals surface area contributed by atoms with Crippen LogP contribution < -0.4 is 10.6 Å². The molecule has 0 aliphatic carbocycles. The Morgan fingerprint density at radius 2 is 2.35 bits per heavy atom. The molecule has 2 atom stereocenters. The van der Waals surface area contributed by atoms with E-state index in [4.69, 9.17) is 4.74 Å². The highest BCUT2D eigenvalue weighted by molar-refractivity contribution is 5.98. The van der Waals surface area contributed by atoms with Crippen molar-refractivity contribution in [2.45, 2.75) is 25.5 Å². The highest BCUT2D eigenvalue weighted by atomic mass is 16.6. The van der Waals surface area contributed by atoms with Gasteiger partial charge in [-0.25, -0.2) is 4.98 Å². The number of hydrogen-bond acceptors (Lipinski definition) is 6. The van der Waals surface area contributed by atoms with Gasteiger partial charge in [-0.1, -0.05) is 0 Å². The maximum absolute atomic E-state index is 12.2. The highest BCUT2D eigenvalue weighted by Gasteiger charge is 2.29. The first kappa shape index (κ1) is 14.2. The van der Waals surface area contributed by atoms with E-state index in [0.717, 1.165) is 6.20 Å². The molecule has 2 unspecified atom stereocenters. The van der Waals surface area contributed by atoms with Crippen molar-refractivity contribution in [1.82, 2.24) is 10.3 Å². The van der Waals surface area contributed by atoms with Crippen molar-refractivity contribution in [2.75, 3.05) is 19.0 Å². The van der Waals surface area contributed by atoms with Crippen molar-refractivity contribution in [3.05, 3.63) is 27.9 Å². The van der Waals surface area contributed by atoms with E-state index in [-0.39, 0.29) is 23.4 Å². The Labute approximate surface area is 115 Å². The molecule has 2 heterocycles. The minimum absolute atomic E-state index is 0.00606. The van der Waals surface area contributed by atoms with Gasteiger partial charge in [0.05, 0.1) is 17.1 Å². The molecule has 1 aromatic rings. The zero-order valence-corrected chi connectivity index (χ0v) is 11.3. The maximum Gasteiger partial charge on any atom is 0.300 e. The summed E-state index contributed by atoms with van der Waals surface area (Å²) in [5, 5.41) is 16.5. The molecule has 2 rings (SSSR count). The van der Waals surface area contributed by atoms with Crippen molar-refractivity contribution in [1.29, 1.82) is 0 Å². The van der Waals surface area contributed by atoms with Crippen molar-refractivity contribution in [2.24, 2.45) is 0 Å². The van der Waals surface area contributed by atoms with Crippen LogP contribution in [0.4, 0.5) is 11.5 Å². The summed E-state index contributed by atoms with van der Waals surface area (Å²) in [4.78, 5) is 26.4. The third kappa shape index (κ3) is 2.85. The van der Waals surface area contributed by atoms with Crippen LogP contribution in [0.15, 0.2) is 12.3 Å². The number of aromatic nitrogens is 1. The summed E-state index contributed by atoms with van der Waals surface area (Å²) in [6.07, 6.45) is 1.68. The number of anilines is 1. The monoisotopic (exact) mass is 280 g/mol. The third-order valence-corrected chi connectivity index (χ3v) is 3.27. The number of pyridine rings is 1. The number of carbonyl (C=O) groups is 1. The first-order valence-corrected chi connectivity index (χ1v) is 6.27. The smallest absolute Gasteiger partial charge is 0.300 e. The Balaban J connectivity index is 2.25. The summed E-state index contributed by atoms with van der Waals surface area (Å²) in [7, 11) is 1.63. The molecular weight excluding hydrogens is 264 g/mol. The average molecular weight is 280 g/mol. The molecule has 1 aliphatic heterocycles. The molecular formula is C12H16N4O4. The molecule has 1 fully saturated rings. The van der Waals surface area contributed by atoms with Crippen molar-refractivity contribution >= 4 is 17.4 Å². The SMILES string of the molecule is CNc1cc(C(=O)NC2CCOC2C)c([N+](=O)[O-])cn1. The number of nitrogens with zero attached hydrogens (tertiary/aromatic N) is 2. The summed E-state index contributed by atoms with van der Waals surface area (Å²) < 4.78 is 5.35. The summed E-state index contributed by atoms with van der Waals surface area (Å²) in [5.41, 5.74) is -0.318. The van der Waals surface area contributed by atoms with Gasteiger partial charge in [0, 0.05) is 19.7 Å². The summed E-state index contributed by atoms with van der Waals surface area (Å²) >= 11 is 0. The Morgan fingerprint density at radius 1 is 1.60 bits per heavy atom. The van der Waals surface area contributed by atoms with Crippen LogP contribution in [0.2, 0.25) is 0 Å². The minimum atomic E-state index is -0.615. The van der Waals surface area contributed by atoms with Crippen LogP contribution in [0.25, 0.3) is 0 Å². The lowest BCUT2D eigenvalue weighted by atomic mass is 10.1. The van der Waals surface area contributed by atoms with Crippen LogP contribution in [-0.4, -0.2) is 41.6 Å². The van der Waals surface area contributed by atoms with Crippen LogP contribution in [0.3, 0.4) is 0 Å². The Bertz CT molecular complexity index is 534. The quantitative estimate of drug-likeness (QED) is 0.628. The number of hydrogen-bond donors (Lipinski definition) is 2. The second-order valence-corrected chi connectivity index (χ2v) is 4.54. The Morgan fingerprint density at radius 3 is 2.90 bits per heavy atom. The number of ether oxygens (including phenoxy) is 1. The molecule has 0 radical (unpaired) electrons. The fraction of sp³-hybridized carbons (Fsp3) is 0.500. The first-order chi connectivity index (χ1) is 9.52. The lowest BCUT2D eigenvalue weighted by molar-refractivity contribution is -0.385. The van der Waals surface area contributed by atoms with Crippen LogP contribution >= 0.6 is 0 Å². The molecule has 1 aromatic heterocycles. The molecule has 0 aromatic carbocycles. The molecule has 8 heteroatoms. The zero-order chi connectivity index (χ0) is 14.7. The van der Waals surface area contributed by atoms with Gasteiger partial charge < -0.3 is 15.4 Å². The molecule has 1 aliphatic rings. The molecule has 108 valence electrons. The lowest BCUT2D eigenvalue weighted by Gasteiger charge is -2.16. The van der Waals surface area contributed by atoms with Crippen LogP contribution in [-0.2, 0) is 4.74 Å².